The number of hydrogen-bond acceptors (Lipinski definition) is 6. The van der Waals surface area contributed by atoms with E-state index in [2.05, 4.69) is 31.9 Å². The van der Waals surface area contributed by atoms with E-state index >= 15 is 0 Å². The number of pyridine rings is 1. The summed E-state index contributed by atoms with van der Waals surface area (Å²) < 4.78 is 8.14. The van der Waals surface area contributed by atoms with Crippen molar-refractivity contribution in [2.24, 2.45) is 0 Å². The number of fused-ring (bicyclic) bond motifs is 2. The third-order valence-electron chi connectivity index (χ3n) is 5.30. The van der Waals surface area contributed by atoms with Gasteiger partial charge in [-0.2, -0.15) is 5.26 Å². The van der Waals surface area contributed by atoms with E-state index in [9.17, 15) is 0 Å². The number of anilines is 1. The molecule has 4 heterocycles. The van der Waals surface area contributed by atoms with Gasteiger partial charge in [0.2, 0.25) is 5.95 Å². The van der Waals surface area contributed by atoms with Crippen LogP contribution >= 0.6 is 0 Å². The van der Waals surface area contributed by atoms with Crippen molar-refractivity contribution in [1.82, 2.24) is 19.9 Å². The van der Waals surface area contributed by atoms with E-state index in [0.717, 1.165) is 48.9 Å². The fourth-order valence-electron chi connectivity index (χ4n) is 3.96. The monoisotopic (exact) mass is 360 g/mol. The van der Waals surface area contributed by atoms with Crippen LogP contribution in [0.15, 0.2) is 42.6 Å². The minimum absolute atomic E-state index is 0.208. The largest absolute Gasteiger partial charge is 0.373 e. The van der Waals surface area contributed by atoms with E-state index in [-0.39, 0.29) is 6.10 Å². The fraction of sp³-hybridized carbons (Fsp3) is 0.350. The molecule has 2 saturated heterocycles. The Morgan fingerprint density at radius 2 is 2.15 bits per heavy atom. The molecule has 0 saturated carbocycles. The standard InChI is InChI=1S/C20H20N6O/c21-9-14-5-6-15(23-10-14)11-26-18-4-2-1-3-16(18)24-20(26)25-12-17-19(13-25)27-8-7-22-17/h1-6,10,17,19,22H,7-8,11-13H2/t17-,19-/m0/s1. The highest BCUT2D eigenvalue weighted by atomic mass is 16.5. The average Bonchev–Trinajstić information content (AvgIpc) is 3.30. The van der Waals surface area contributed by atoms with Crippen LogP contribution in [0.3, 0.4) is 0 Å². The van der Waals surface area contributed by atoms with Gasteiger partial charge in [-0.25, -0.2) is 4.98 Å². The van der Waals surface area contributed by atoms with Crippen molar-refractivity contribution in [3.8, 4) is 6.07 Å². The lowest BCUT2D eigenvalue weighted by Crippen LogP contribution is -2.47. The predicted octanol–water partition coefficient (Wildman–Crippen LogP) is 1.53. The molecule has 1 aromatic carbocycles. The first-order valence-corrected chi connectivity index (χ1v) is 9.22. The number of ether oxygens (including phenoxy) is 1. The summed E-state index contributed by atoms with van der Waals surface area (Å²) in [6.07, 6.45) is 1.83. The molecule has 0 bridgehead atoms. The molecule has 0 unspecified atom stereocenters. The Morgan fingerprint density at radius 1 is 1.22 bits per heavy atom. The molecule has 2 aliphatic rings. The normalized spacial score (nSPS) is 22.0. The lowest BCUT2D eigenvalue weighted by molar-refractivity contribution is 0.0212. The molecule has 3 aromatic rings. The molecule has 136 valence electrons. The van der Waals surface area contributed by atoms with E-state index in [0.29, 0.717) is 18.2 Å². The zero-order valence-electron chi connectivity index (χ0n) is 14.9. The summed E-state index contributed by atoms with van der Waals surface area (Å²) in [4.78, 5) is 11.7. The molecule has 2 fully saturated rings. The van der Waals surface area contributed by atoms with E-state index in [1.54, 1.807) is 6.20 Å². The van der Waals surface area contributed by atoms with Crippen LogP contribution in [0.1, 0.15) is 11.3 Å². The first-order valence-electron chi connectivity index (χ1n) is 9.22. The number of hydrogen-bond donors (Lipinski definition) is 1. The summed E-state index contributed by atoms with van der Waals surface area (Å²) in [5.74, 6) is 0.946. The zero-order chi connectivity index (χ0) is 18.2. The zero-order valence-corrected chi connectivity index (χ0v) is 14.9. The third-order valence-corrected chi connectivity index (χ3v) is 5.30. The number of benzene rings is 1. The van der Waals surface area contributed by atoms with Crippen molar-refractivity contribution >= 4 is 17.0 Å². The Bertz CT molecular complexity index is 991. The van der Waals surface area contributed by atoms with Gasteiger partial charge in [0.1, 0.15) is 6.07 Å². The number of morpholine rings is 1. The van der Waals surface area contributed by atoms with Crippen LogP contribution in [-0.4, -0.2) is 52.9 Å². The lowest BCUT2D eigenvalue weighted by Gasteiger charge is -2.25. The smallest absolute Gasteiger partial charge is 0.207 e. The Hall–Kier alpha value is -2.95. The summed E-state index contributed by atoms with van der Waals surface area (Å²) in [6.45, 7) is 4.00. The fourth-order valence-corrected chi connectivity index (χ4v) is 3.96. The molecule has 2 aliphatic heterocycles. The Morgan fingerprint density at radius 3 is 2.96 bits per heavy atom. The Labute approximate surface area is 157 Å². The summed E-state index contributed by atoms with van der Waals surface area (Å²) in [5, 5.41) is 12.5. The van der Waals surface area contributed by atoms with Gasteiger partial charge < -0.3 is 19.5 Å². The van der Waals surface area contributed by atoms with Crippen LogP contribution in [0.4, 0.5) is 5.95 Å². The first-order chi connectivity index (χ1) is 13.3. The molecular weight excluding hydrogens is 340 g/mol. The van der Waals surface area contributed by atoms with Crippen LogP contribution in [0.5, 0.6) is 0 Å². The molecule has 1 N–H and O–H groups in total. The minimum atomic E-state index is 0.208. The topological polar surface area (TPSA) is 79.0 Å². The second-order valence-corrected chi connectivity index (χ2v) is 7.01. The van der Waals surface area contributed by atoms with Gasteiger partial charge in [0.25, 0.3) is 0 Å². The van der Waals surface area contributed by atoms with E-state index in [1.165, 1.54) is 0 Å². The summed E-state index contributed by atoms with van der Waals surface area (Å²) in [6, 6.07) is 14.4. The molecule has 7 nitrogen and oxygen atoms in total. The summed E-state index contributed by atoms with van der Waals surface area (Å²) >= 11 is 0. The maximum absolute atomic E-state index is 8.99. The summed E-state index contributed by atoms with van der Waals surface area (Å²) in [5.41, 5.74) is 3.54. The lowest BCUT2D eigenvalue weighted by atomic mass is 10.2. The number of para-hydroxylation sites is 2. The highest BCUT2D eigenvalue weighted by molar-refractivity contribution is 5.79. The molecule has 2 atom stereocenters. The molecular formula is C20H20N6O. The van der Waals surface area contributed by atoms with Gasteiger partial charge in [-0.1, -0.05) is 12.1 Å². The molecule has 2 aromatic heterocycles. The van der Waals surface area contributed by atoms with Crippen LogP contribution in [-0.2, 0) is 11.3 Å². The number of aromatic nitrogens is 3. The molecule has 27 heavy (non-hydrogen) atoms. The van der Waals surface area contributed by atoms with Gasteiger partial charge in [0.15, 0.2) is 0 Å². The van der Waals surface area contributed by atoms with Crippen molar-refractivity contribution in [3.63, 3.8) is 0 Å². The molecule has 5 rings (SSSR count). The Kier molecular flexibility index (Phi) is 4.00. The number of nitrogens with one attached hydrogen (secondary N) is 1. The number of nitriles is 1. The Balaban J connectivity index is 1.52. The van der Waals surface area contributed by atoms with Gasteiger partial charge in [-0.05, 0) is 24.3 Å². The van der Waals surface area contributed by atoms with Gasteiger partial charge in [0, 0.05) is 25.8 Å². The van der Waals surface area contributed by atoms with Crippen LogP contribution in [0.2, 0.25) is 0 Å². The first kappa shape index (κ1) is 16.2. The average molecular weight is 360 g/mol. The maximum Gasteiger partial charge on any atom is 0.207 e. The van der Waals surface area contributed by atoms with Gasteiger partial charge in [-0.3, -0.25) is 4.98 Å². The summed E-state index contributed by atoms with van der Waals surface area (Å²) in [7, 11) is 0. The molecule has 0 aliphatic carbocycles. The highest BCUT2D eigenvalue weighted by Gasteiger charge is 2.37. The quantitative estimate of drug-likeness (QED) is 0.763. The van der Waals surface area contributed by atoms with Crippen molar-refractivity contribution in [3.05, 3.63) is 53.9 Å². The van der Waals surface area contributed by atoms with E-state index in [4.69, 9.17) is 15.0 Å². The minimum Gasteiger partial charge on any atom is -0.373 e. The SMILES string of the molecule is N#Cc1ccc(Cn2c(N3C[C@@H]4NCCO[C@H]4C3)nc3ccccc32)nc1. The molecule has 0 radical (unpaired) electrons. The maximum atomic E-state index is 8.99. The highest BCUT2D eigenvalue weighted by Crippen LogP contribution is 2.28. The van der Waals surface area contributed by atoms with Crippen LogP contribution in [0.25, 0.3) is 11.0 Å². The predicted molar refractivity (Wildman–Crippen MR) is 102 cm³/mol. The van der Waals surface area contributed by atoms with E-state index < -0.39 is 0 Å². The third kappa shape index (κ3) is 2.93. The molecule has 0 amide bonds. The molecule has 0 spiro atoms. The van der Waals surface area contributed by atoms with Crippen molar-refractivity contribution in [2.75, 3.05) is 31.1 Å². The number of nitrogens with zero attached hydrogens (tertiary/aromatic N) is 5. The van der Waals surface area contributed by atoms with E-state index in [1.807, 2.05) is 30.3 Å². The molecule has 7 heteroatoms. The van der Waals surface area contributed by atoms with Crippen LogP contribution in [0, 0.1) is 11.3 Å². The number of rotatable bonds is 3. The van der Waals surface area contributed by atoms with Gasteiger partial charge >= 0.3 is 0 Å². The van der Waals surface area contributed by atoms with Crippen molar-refractivity contribution < 1.29 is 4.74 Å². The van der Waals surface area contributed by atoms with Crippen molar-refractivity contribution in [1.29, 1.82) is 5.26 Å². The second kappa shape index (κ2) is 6.65. The van der Waals surface area contributed by atoms with Gasteiger partial charge in [0.05, 0.1) is 47.6 Å². The second-order valence-electron chi connectivity index (χ2n) is 7.01. The number of imidazole rings is 1. The van der Waals surface area contributed by atoms with Gasteiger partial charge in [-0.15, -0.1) is 0 Å². The van der Waals surface area contributed by atoms with Crippen LogP contribution < -0.4 is 10.2 Å². The van der Waals surface area contributed by atoms with Crippen molar-refractivity contribution in [2.45, 2.75) is 18.7 Å².